The van der Waals surface area contributed by atoms with E-state index < -0.39 is 0 Å². The number of hydrogen-bond donors (Lipinski definition) is 1. The van der Waals surface area contributed by atoms with Gasteiger partial charge in [-0.3, -0.25) is 9.59 Å². The van der Waals surface area contributed by atoms with Crippen molar-refractivity contribution in [3.63, 3.8) is 0 Å². The molecule has 0 spiro atoms. The number of pyridine rings is 1. The predicted octanol–water partition coefficient (Wildman–Crippen LogP) is 2.16. The molecule has 2 heterocycles. The van der Waals surface area contributed by atoms with E-state index >= 15 is 0 Å². The van der Waals surface area contributed by atoms with Crippen LogP contribution in [0.2, 0.25) is 0 Å². The summed E-state index contributed by atoms with van der Waals surface area (Å²) in [4.78, 5) is 31.8. The van der Waals surface area contributed by atoms with E-state index in [2.05, 4.69) is 34.1 Å². The zero-order valence-electron chi connectivity index (χ0n) is 16.0. The molecule has 1 aromatic heterocycles. The first-order valence-electron chi connectivity index (χ1n) is 9.38. The number of rotatable bonds is 6. The molecule has 6 nitrogen and oxygen atoms in total. The first-order chi connectivity index (χ1) is 13.1. The second kappa shape index (κ2) is 8.86. The number of aromatic nitrogens is 1. The summed E-state index contributed by atoms with van der Waals surface area (Å²) in [7, 11) is 3.25. The maximum Gasteiger partial charge on any atom is 0.270 e. The Balaban J connectivity index is 1.60. The topological polar surface area (TPSA) is 65.6 Å². The lowest BCUT2D eigenvalue weighted by Gasteiger charge is -2.37. The summed E-state index contributed by atoms with van der Waals surface area (Å²) < 4.78 is 4.96. The quantitative estimate of drug-likeness (QED) is 0.847. The molecule has 27 heavy (non-hydrogen) atoms. The number of H-pyrrole nitrogens is 1. The summed E-state index contributed by atoms with van der Waals surface area (Å²) in [6.45, 7) is 2.90. The highest BCUT2D eigenvalue weighted by Crippen LogP contribution is 2.17. The summed E-state index contributed by atoms with van der Waals surface area (Å²) in [5, 5.41) is 0. The minimum absolute atomic E-state index is 0.146. The molecule has 1 aromatic carbocycles. The molecule has 0 saturated carbocycles. The van der Waals surface area contributed by atoms with Crippen molar-refractivity contribution in [3.8, 4) is 5.75 Å². The van der Waals surface area contributed by atoms with Crippen LogP contribution in [0.15, 0.2) is 47.4 Å². The van der Waals surface area contributed by atoms with Gasteiger partial charge < -0.3 is 19.5 Å². The second-order valence-electron chi connectivity index (χ2n) is 7.03. The number of piperidine rings is 1. The molecule has 1 aliphatic rings. The fourth-order valence-electron chi connectivity index (χ4n) is 3.58. The van der Waals surface area contributed by atoms with Gasteiger partial charge in [0.25, 0.3) is 5.91 Å². The van der Waals surface area contributed by atoms with Gasteiger partial charge >= 0.3 is 0 Å². The van der Waals surface area contributed by atoms with E-state index in [9.17, 15) is 9.59 Å². The smallest absolute Gasteiger partial charge is 0.270 e. The highest BCUT2D eigenvalue weighted by atomic mass is 16.5. The van der Waals surface area contributed by atoms with Crippen LogP contribution in [-0.4, -0.2) is 60.5 Å². The molecule has 1 saturated heterocycles. The maximum absolute atomic E-state index is 12.8. The lowest BCUT2D eigenvalue weighted by atomic mass is 10.0. The van der Waals surface area contributed by atoms with Gasteiger partial charge in [-0.25, -0.2) is 0 Å². The number of aromatic amines is 1. The van der Waals surface area contributed by atoms with Crippen LogP contribution in [0.4, 0.5) is 0 Å². The minimum atomic E-state index is -0.291. The van der Waals surface area contributed by atoms with Gasteiger partial charge in [-0.2, -0.15) is 0 Å². The van der Waals surface area contributed by atoms with E-state index in [0.717, 1.165) is 38.9 Å². The number of carbonyl (C=O) groups is 1. The van der Waals surface area contributed by atoms with E-state index in [0.29, 0.717) is 5.69 Å². The lowest BCUT2D eigenvalue weighted by Crippen LogP contribution is -2.49. The first-order valence-corrected chi connectivity index (χ1v) is 9.38. The SMILES string of the molecule is COc1c[nH]c(C(=O)N(C)C2CCCN(CCc3ccccc3)C2)cc1=O. The number of hydrogen-bond acceptors (Lipinski definition) is 4. The van der Waals surface area contributed by atoms with Gasteiger partial charge in [0.05, 0.1) is 7.11 Å². The molecule has 1 amide bonds. The third kappa shape index (κ3) is 4.77. The zero-order valence-corrected chi connectivity index (χ0v) is 16.0. The lowest BCUT2D eigenvalue weighted by molar-refractivity contribution is 0.0613. The monoisotopic (exact) mass is 369 g/mol. The van der Waals surface area contributed by atoms with Crippen molar-refractivity contribution in [3.05, 3.63) is 64.1 Å². The average molecular weight is 369 g/mol. The van der Waals surface area contributed by atoms with Crippen molar-refractivity contribution < 1.29 is 9.53 Å². The van der Waals surface area contributed by atoms with Crippen LogP contribution in [0, 0.1) is 0 Å². The number of amides is 1. The Morgan fingerprint density at radius 3 is 2.81 bits per heavy atom. The molecule has 1 aliphatic heterocycles. The highest BCUT2D eigenvalue weighted by molar-refractivity contribution is 5.92. The molecule has 1 atom stereocenters. The molecule has 1 N–H and O–H groups in total. The predicted molar refractivity (Wildman–Crippen MR) is 105 cm³/mol. The Bertz CT molecular complexity index is 819. The normalized spacial score (nSPS) is 17.5. The van der Waals surface area contributed by atoms with Crippen LogP contribution in [0.3, 0.4) is 0 Å². The summed E-state index contributed by atoms with van der Waals surface area (Å²) in [6.07, 6.45) is 4.49. The number of ether oxygens (including phenoxy) is 1. The van der Waals surface area contributed by atoms with E-state index in [-0.39, 0.29) is 23.1 Å². The molecular weight excluding hydrogens is 342 g/mol. The third-order valence-corrected chi connectivity index (χ3v) is 5.24. The molecule has 0 radical (unpaired) electrons. The molecule has 144 valence electrons. The third-order valence-electron chi connectivity index (χ3n) is 5.24. The van der Waals surface area contributed by atoms with Crippen LogP contribution in [0.25, 0.3) is 0 Å². The van der Waals surface area contributed by atoms with Crippen molar-refractivity contribution in [1.29, 1.82) is 0 Å². The molecule has 3 rings (SSSR count). The van der Waals surface area contributed by atoms with Crippen LogP contribution in [-0.2, 0) is 6.42 Å². The van der Waals surface area contributed by atoms with Crippen LogP contribution >= 0.6 is 0 Å². The van der Waals surface area contributed by atoms with Crippen molar-refractivity contribution in [2.75, 3.05) is 33.8 Å². The summed E-state index contributed by atoms with van der Waals surface area (Å²) in [5.74, 6) is 0.0450. The van der Waals surface area contributed by atoms with Crippen molar-refractivity contribution in [1.82, 2.24) is 14.8 Å². The Labute approximate surface area is 159 Å². The van der Waals surface area contributed by atoms with Crippen LogP contribution in [0.1, 0.15) is 28.9 Å². The van der Waals surface area contributed by atoms with Crippen LogP contribution < -0.4 is 10.2 Å². The van der Waals surface area contributed by atoms with Crippen molar-refractivity contribution in [2.45, 2.75) is 25.3 Å². The number of nitrogens with one attached hydrogen (secondary N) is 1. The number of benzene rings is 1. The average Bonchev–Trinajstić information content (AvgIpc) is 2.72. The Morgan fingerprint density at radius 1 is 1.33 bits per heavy atom. The Morgan fingerprint density at radius 2 is 2.11 bits per heavy atom. The molecule has 0 aliphatic carbocycles. The number of methoxy groups -OCH3 is 1. The zero-order chi connectivity index (χ0) is 19.2. The van der Waals surface area contributed by atoms with Crippen molar-refractivity contribution in [2.24, 2.45) is 0 Å². The number of carbonyl (C=O) groups excluding carboxylic acids is 1. The fourth-order valence-corrected chi connectivity index (χ4v) is 3.58. The molecule has 1 unspecified atom stereocenters. The molecule has 1 fully saturated rings. The van der Waals surface area contributed by atoms with Crippen LogP contribution in [0.5, 0.6) is 5.75 Å². The fraction of sp³-hybridized carbons (Fsp3) is 0.429. The largest absolute Gasteiger partial charge is 0.491 e. The van der Waals surface area contributed by atoms with E-state index in [1.807, 2.05) is 13.1 Å². The Kier molecular flexibility index (Phi) is 6.29. The maximum atomic E-state index is 12.8. The van der Waals surface area contributed by atoms with Gasteiger partial charge in [0, 0.05) is 38.4 Å². The Hall–Kier alpha value is -2.60. The van der Waals surface area contributed by atoms with E-state index in [1.54, 1.807) is 4.90 Å². The number of nitrogens with zero attached hydrogens (tertiary/aromatic N) is 2. The number of likely N-dealkylation sites (N-methyl/N-ethyl adjacent to an activating group) is 1. The van der Waals surface area contributed by atoms with Gasteiger partial charge in [0.2, 0.25) is 5.43 Å². The minimum Gasteiger partial charge on any atom is -0.491 e. The second-order valence-corrected chi connectivity index (χ2v) is 7.03. The standard InChI is InChI=1S/C21H27N3O3/c1-23(21(26)18-13-19(25)20(27-2)14-22-18)17-9-6-11-24(15-17)12-10-16-7-4-3-5-8-16/h3-5,7-8,13-14,17H,6,9-12,15H2,1-2H3,(H,22,25). The van der Waals surface area contributed by atoms with Gasteiger partial charge in [-0.1, -0.05) is 30.3 Å². The molecular formula is C21H27N3O3. The van der Waals surface area contributed by atoms with E-state index in [4.69, 9.17) is 4.74 Å². The molecule has 0 bridgehead atoms. The highest BCUT2D eigenvalue weighted by Gasteiger charge is 2.27. The van der Waals surface area contributed by atoms with Gasteiger partial charge in [0.15, 0.2) is 5.75 Å². The van der Waals surface area contributed by atoms with Gasteiger partial charge in [-0.15, -0.1) is 0 Å². The first kappa shape index (κ1) is 19.2. The van der Waals surface area contributed by atoms with E-state index in [1.165, 1.54) is 24.9 Å². The van der Waals surface area contributed by atoms with Gasteiger partial charge in [0.1, 0.15) is 5.69 Å². The number of likely N-dealkylation sites (tertiary alicyclic amines) is 1. The van der Waals surface area contributed by atoms with Crippen molar-refractivity contribution >= 4 is 5.91 Å². The molecule has 2 aromatic rings. The summed E-state index contributed by atoms with van der Waals surface area (Å²) in [6, 6.07) is 11.9. The molecule has 6 heteroatoms. The summed E-state index contributed by atoms with van der Waals surface area (Å²) in [5.41, 5.74) is 1.34. The summed E-state index contributed by atoms with van der Waals surface area (Å²) >= 11 is 0. The van der Waals surface area contributed by atoms with Gasteiger partial charge in [-0.05, 0) is 31.4 Å².